The van der Waals surface area contributed by atoms with Crippen LogP contribution in [0.4, 0.5) is 5.69 Å². The van der Waals surface area contributed by atoms with Gasteiger partial charge < -0.3 is 14.5 Å². The molecule has 1 amide bonds. The third-order valence-corrected chi connectivity index (χ3v) is 4.82. The van der Waals surface area contributed by atoms with Crippen molar-refractivity contribution in [3.8, 4) is 16.5 Å². The van der Waals surface area contributed by atoms with Crippen LogP contribution in [0.5, 0.6) is 5.75 Å². The van der Waals surface area contributed by atoms with Crippen LogP contribution in [0.1, 0.15) is 17.5 Å². The molecule has 0 fully saturated rings. The summed E-state index contributed by atoms with van der Waals surface area (Å²) in [5.41, 5.74) is 1.53. The summed E-state index contributed by atoms with van der Waals surface area (Å²) in [6.45, 7) is 2.42. The fraction of sp³-hybridized carbons (Fsp3) is 0.100. The van der Waals surface area contributed by atoms with Crippen LogP contribution in [0.2, 0.25) is 0 Å². The van der Waals surface area contributed by atoms with Crippen LogP contribution in [0, 0.1) is 0 Å². The smallest absolute Gasteiger partial charge is 0.291 e. The third-order valence-electron chi connectivity index (χ3n) is 3.77. The van der Waals surface area contributed by atoms with Gasteiger partial charge in [0, 0.05) is 0 Å². The van der Waals surface area contributed by atoms with Crippen molar-refractivity contribution in [1.29, 1.82) is 0 Å². The molecule has 26 heavy (non-hydrogen) atoms. The number of nitrogens with one attached hydrogen (secondary N) is 1. The molecule has 4 aromatic rings. The Balaban J connectivity index is 1.57. The number of amides is 1. The number of nitrogens with zero attached hydrogens (tertiary/aromatic N) is 1. The Morgan fingerprint density at radius 2 is 1.92 bits per heavy atom. The molecule has 6 heteroatoms. The number of benzene rings is 2. The van der Waals surface area contributed by atoms with Gasteiger partial charge in [0.1, 0.15) is 5.75 Å². The number of hydrogen-bond donors (Lipinski definition) is 1. The van der Waals surface area contributed by atoms with Gasteiger partial charge in [-0.25, -0.2) is 4.98 Å². The minimum absolute atomic E-state index is 0.227. The van der Waals surface area contributed by atoms with Crippen molar-refractivity contribution < 1.29 is 13.9 Å². The molecule has 130 valence electrons. The first-order valence-corrected chi connectivity index (χ1v) is 9.05. The standard InChI is InChI=1S/C20H16N2O3S/c1-2-24-15-9-5-3-7-13(15)21-19(23)16-11-12-17(25-16)20-22-14-8-4-6-10-18(14)26-20/h3-12H,2H2,1H3,(H,21,23). The first kappa shape index (κ1) is 16.4. The Morgan fingerprint density at radius 3 is 2.77 bits per heavy atom. The molecule has 0 aliphatic carbocycles. The highest BCUT2D eigenvalue weighted by Gasteiger charge is 2.16. The number of anilines is 1. The predicted octanol–water partition coefficient (Wildman–Crippen LogP) is 5.21. The number of carbonyl (C=O) groups is 1. The van der Waals surface area contributed by atoms with E-state index in [1.54, 1.807) is 18.2 Å². The number of furan rings is 1. The van der Waals surface area contributed by atoms with Gasteiger partial charge in [0.2, 0.25) is 0 Å². The number of ether oxygens (including phenoxy) is 1. The second-order valence-corrected chi connectivity index (χ2v) is 6.56. The van der Waals surface area contributed by atoms with Crippen LogP contribution in [-0.4, -0.2) is 17.5 Å². The molecule has 5 nitrogen and oxygen atoms in total. The first-order chi connectivity index (χ1) is 12.7. The Bertz CT molecular complexity index is 1030. The summed E-state index contributed by atoms with van der Waals surface area (Å²) in [5.74, 6) is 1.10. The fourth-order valence-electron chi connectivity index (χ4n) is 2.59. The van der Waals surface area contributed by atoms with E-state index < -0.39 is 0 Å². The quantitative estimate of drug-likeness (QED) is 0.528. The third kappa shape index (κ3) is 3.19. The molecule has 0 saturated carbocycles. The van der Waals surface area contributed by atoms with Crippen molar-refractivity contribution in [3.05, 3.63) is 66.4 Å². The lowest BCUT2D eigenvalue weighted by Crippen LogP contribution is -2.12. The highest BCUT2D eigenvalue weighted by Crippen LogP contribution is 2.31. The van der Waals surface area contributed by atoms with Crippen molar-refractivity contribution in [2.24, 2.45) is 0 Å². The lowest BCUT2D eigenvalue weighted by Gasteiger charge is -2.10. The molecule has 1 N–H and O–H groups in total. The van der Waals surface area contributed by atoms with E-state index in [4.69, 9.17) is 9.15 Å². The minimum Gasteiger partial charge on any atom is -0.492 e. The maximum absolute atomic E-state index is 12.5. The molecule has 0 spiro atoms. The zero-order valence-corrected chi connectivity index (χ0v) is 14.9. The van der Waals surface area contributed by atoms with Crippen molar-refractivity contribution in [3.63, 3.8) is 0 Å². The molecular formula is C20H16N2O3S. The summed E-state index contributed by atoms with van der Waals surface area (Å²) >= 11 is 1.53. The van der Waals surface area contributed by atoms with Gasteiger partial charge in [0.25, 0.3) is 5.91 Å². The van der Waals surface area contributed by atoms with Gasteiger partial charge in [0.05, 0.1) is 22.5 Å². The van der Waals surface area contributed by atoms with E-state index in [1.807, 2.05) is 49.4 Å². The molecule has 0 radical (unpaired) electrons. The van der Waals surface area contributed by atoms with Crippen molar-refractivity contribution >= 4 is 33.1 Å². The molecule has 2 aromatic carbocycles. The second kappa shape index (κ2) is 7.01. The van der Waals surface area contributed by atoms with Gasteiger partial charge >= 0.3 is 0 Å². The van der Waals surface area contributed by atoms with Gasteiger partial charge in [-0.1, -0.05) is 24.3 Å². The van der Waals surface area contributed by atoms with Gasteiger partial charge in [-0.05, 0) is 43.3 Å². The average Bonchev–Trinajstić information content (AvgIpc) is 3.30. The monoisotopic (exact) mass is 364 g/mol. The Morgan fingerprint density at radius 1 is 1.12 bits per heavy atom. The number of aromatic nitrogens is 1. The van der Waals surface area contributed by atoms with Gasteiger partial charge in [-0.3, -0.25) is 4.79 Å². The topological polar surface area (TPSA) is 64.4 Å². The molecule has 0 bridgehead atoms. The molecule has 4 rings (SSSR count). The SMILES string of the molecule is CCOc1ccccc1NC(=O)c1ccc(-c2nc3ccccc3s2)o1. The van der Waals surface area contributed by atoms with Gasteiger partial charge in [0.15, 0.2) is 16.5 Å². The van der Waals surface area contributed by atoms with E-state index in [0.29, 0.717) is 23.8 Å². The highest BCUT2D eigenvalue weighted by atomic mass is 32.1. The number of para-hydroxylation sites is 3. The first-order valence-electron chi connectivity index (χ1n) is 8.23. The number of thiazole rings is 1. The molecule has 0 aliphatic rings. The summed E-state index contributed by atoms with van der Waals surface area (Å²) in [4.78, 5) is 17.1. The summed E-state index contributed by atoms with van der Waals surface area (Å²) in [6, 6.07) is 18.6. The van der Waals surface area contributed by atoms with Crippen molar-refractivity contribution in [2.45, 2.75) is 6.92 Å². The minimum atomic E-state index is -0.329. The number of hydrogen-bond acceptors (Lipinski definition) is 5. The lowest BCUT2D eigenvalue weighted by molar-refractivity contribution is 0.0997. The maximum Gasteiger partial charge on any atom is 0.291 e. The molecule has 0 unspecified atom stereocenters. The van der Waals surface area contributed by atoms with Crippen LogP contribution >= 0.6 is 11.3 Å². The molecule has 0 saturated heterocycles. The summed E-state index contributed by atoms with van der Waals surface area (Å²) < 4.78 is 12.3. The van der Waals surface area contributed by atoms with E-state index >= 15 is 0 Å². The Kier molecular flexibility index (Phi) is 4.41. The summed E-state index contributed by atoms with van der Waals surface area (Å²) in [7, 11) is 0. The lowest BCUT2D eigenvalue weighted by atomic mass is 10.3. The van der Waals surface area contributed by atoms with E-state index in [9.17, 15) is 4.79 Å². The Hall–Kier alpha value is -3.12. The molecular weight excluding hydrogens is 348 g/mol. The van der Waals surface area contributed by atoms with E-state index in [2.05, 4.69) is 10.3 Å². The molecule has 2 aromatic heterocycles. The number of rotatable bonds is 5. The average molecular weight is 364 g/mol. The Labute approximate surface area is 154 Å². The zero-order valence-electron chi connectivity index (χ0n) is 14.1. The molecule has 0 aliphatic heterocycles. The van der Waals surface area contributed by atoms with Crippen molar-refractivity contribution in [1.82, 2.24) is 4.98 Å². The van der Waals surface area contributed by atoms with Crippen LogP contribution in [0.25, 0.3) is 21.0 Å². The van der Waals surface area contributed by atoms with E-state index in [1.165, 1.54) is 11.3 Å². The predicted molar refractivity (Wildman–Crippen MR) is 103 cm³/mol. The summed E-state index contributed by atoms with van der Waals surface area (Å²) in [6.07, 6.45) is 0. The normalized spacial score (nSPS) is 10.8. The number of carbonyl (C=O) groups excluding carboxylic acids is 1. The summed E-state index contributed by atoms with van der Waals surface area (Å²) in [5, 5.41) is 3.58. The second-order valence-electron chi connectivity index (χ2n) is 5.53. The van der Waals surface area contributed by atoms with Gasteiger partial charge in [-0.15, -0.1) is 11.3 Å². The van der Waals surface area contributed by atoms with Gasteiger partial charge in [-0.2, -0.15) is 0 Å². The number of fused-ring (bicyclic) bond motifs is 1. The van der Waals surface area contributed by atoms with Crippen LogP contribution in [0.3, 0.4) is 0 Å². The molecule has 0 atom stereocenters. The van der Waals surface area contributed by atoms with Crippen LogP contribution in [0.15, 0.2) is 65.1 Å². The van der Waals surface area contributed by atoms with Crippen molar-refractivity contribution in [2.75, 3.05) is 11.9 Å². The van der Waals surface area contributed by atoms with E-state index in [-0.39, 0.29) is 11.7 Å². The largest absolute Gasteiger partial charge is 0.492 e. The fourth-order valence-corrected chi connectivity index (χ4v) is 3.52. The van der Waals surface area contributed by atoms with Crippen LogP contribution in [-0.2, 0) is 0 Å². The molecule has 2 heterocycles. The maximum atomic E-state index is 12.5. The van der Waals surface area contributed by atoms with Crippen LogP contribution < -0.4 is 10.1 Å². The highest BCUT2D eigenvalue weighted by molar-refractivity contribution is 7.21. The zero-order chi connectivity index (χ0) is 17.9. The van der Waals surface area contributed by atoms with E-state index in [0.717, 1.165) is 15.2 Å².